The summed E-state index contributed by atoms with van der Waals surface area (Å²) < 4.78 is 0. The van der Waals surface area contributed by atoms with Crippen LogP contribution < -0.4 is 15.8 Å². The zero-order valence-electron chi connectivity index (χ0n) is 10.1. The molecule has 0 aromatic heterocycles. The highest BCUT2D eigenvalue weighted by molar-refractivity contribution is 7.80. The van der Waals surface area contributed by atoms with Crippen LogP contribution in [-0.4, -0.2) is 12.2 Å². The number of hydrazine groups is 1. The van der Waals surface area contributed by atoms with Crippen molar-refractivity contribution >= 4 is 28.7 Å². The first-order valence-electron chi connectivity index (χ1n) is 5.70. The average molecular weight is 257 g/mol. The molecule has 0 amide bonds. The van der Waals surface area contributed by atoms with E-state index in [1.807, 2.05) is 72.7 Å². The van der Waals surface area contributed by atoms with Gasteiger partial charge in [0.15, 0.2) is 5.11 Å². The Balaban J connectivity index is 2.24. The van der Waals surface area contributed by atoms with E-state index in [-0.39, 0.29) is 0 Å². The Morgan fingerprint density at radius 2 is 1.50 bits per heavy atom. The van der Waals surface area contributed by atoms with Gasteiger partial charge in [0.05, 0.1) is 11.4 Å². The van der Waals surface area contributed by atoms with Gasteiger partial charge < -0.3 is 5.32 Å². The number of nitrogens with one attached hydrogen (secondary N) is 2. The third-order valence-corrected chi connectivity index (χ3v) is 2.83. The van der Waals surface area contributed by atoms with E-state index in [9.17, 15) is 0 Å². The molecule has 92 valence electrons. The largest absolute Gasteiger partial charge is 0.364 e. The first kappa shape index (κ1) is 12.4. The van der Waals surface area contributed by atoms with E-state index < -0.39 is 0 Å². The molecule has 4 heteroatoms. The number of benzene rings is 2. The van der Waals surface area contributed by atoms with Crippen LogP contribution >= 0.6 is 12.2 Å². The maximum atomic E-state index is 5.31. The second-order valence-corrected chi connectivity index (χ2v) is 4.09. The van der Waals surface area contributed by atoms with E-state index in [1.54, 1.807) is 0 Å². The molecule has 2 aromatic carbocycles. The van der Waals surface area contributed by atoms with Crippen LogP contribution in [0.3, 0.4) is 0 Å². The second kappa shape index (κ2) is 6.02. The number of hydrogen-bond donors (Lipinski definition) is 2. The molecule has 0 unspecified atom stereocenters. The summed E-state index contributed by atoms with van der Waals surface area (Å²) in [7, 11) is 1.81. The molecular formula is C14H15N3S. The molecule has 0 bridgehead atoms. The minimum Gasteiger partial charge on any atom is -0.364 e. The highest BCUT2D eigenvalue weighted by Crippen LogP contribution is 2.16. The third-order valence-electron chi connectivity index (χ3n) is 2.45. The fraction of sp³-hybridized carbons (Fsp3) is 0.0714. The summed E-state index contributed by atoms with van der Waals surface area (Å²) in [4.78, 5) is 0. The lowest BCUT2D eigenvalue weighted by Gasteiger charge is -2.26. The predicted molar refractivity (Wildman–Crippen MR) is 80.6 cm³/mol. The van der Waals surface area contributed by atoms with Crippen molar-refractivity contribution in [1.29, 1.82) is 0 Å². The lowest BCUT2D eigenvalue weighted by Crippen LogP contribution is -2.42. The van der Waals surface area contributed by atoms with Crippen LogP contribution in [0.1, 0.15) is 0 Å². The molecule has 0 saturated carbocycles. The average Bonchev–Trinajstić information content (AvgIpc) is 2.46. The van der Waals surface area contributed by atoms with Gasteiger partial charge in [-0.25, -0.2) is 5.01 Å². The lowest BCUT2D eigenvalue weighted by molar-refractivity contribution is 1.10. The van der Waals surface area contributed by atoms with E-state index in [0.717, 1.165) is 11.4 Å². The van der Waals surface area contributed by atoms with Crippen molar-refractivity contribution in [2.75, 3.05) is 17.5 Å². The predicted octanol–water partition coefficient (Wildman–Crippen LogP) is 3.02. The number of thiocarbonyl (C=S) groups is 1. The van der Waals surface area contributed by atoms with E-state index in [2.05, 4.69) is 10.7 Å². The van der Waals surface area contributed by atoms with Crippen molar-refractivity contribution in [3.8, 4) is 0 Å². The first-order chi connectivity index (χ1) is 8.81. The van der Waals surface area contributed by atoms with Crippen LogP contribution in [0, 0.1) is 0 Å². The number of hydrogen-bond acceptors (Lipinski definition) is 2. The topological polar surface area (TPSA) is 27.3 Å². The van der Waals surface area contributed by atoms with E-state index >= 15 is 0 Å². The molecule has 0 saturated heterocycles. The summed E-state index contributed by atoms with van der Waals surface area (Å²) in [5.41, 5.74) is 5.25. The molecule has 0 radical (unpaired) electrons. The molecule has 0 spiro atoms. The lowest BCUT2D eigenvalue weighted by atomic mass is 10.3. The zero-order valence-corrected chi connectivity index (χ0v) is 10.9. The maximum Gasteiger partial charge on any atom is 0.192 e. The molecule has 2 aromatic rings. The zero-order chi connectivity index (χ0) is 12.8. The third kappa shape index (κ3) is 2.99. The van der Waals surface area contributed by atoms with Crippen LogP contribution in [0.25, 0.3) is 0 Å². The summed E-state index contributed by atoms with van der Waals surface area (Å²) in [6, 6.07) is 19.9. The summed E-state index contributed by atoms with van der Waals surface area (Å²) >= 11 is 5.31. The van der Waals surface area contributed by atoms with Crippen LogP contribution in [0.4, 0.5) is 11.4 Å². The van der Waals surface area contributed by atoms with Crippen LogP contribution in [0.15, 0.2) is 60.7 Å². The molecule has 0 atom stereocenters. The Kier molecular flexibility index (Phi) is 4.15. The monoisotopic (exact) mass is 257 g/mol. The standard InChI is InChI=1S/C14H15N3S/c1-15-14(18)17(13-10-6-3-7-11-13)16-12-8-4-2-5-9-12/h2-11,16H,1H3,(H,15,18). The maximum absolute atomic E-state index is 5.31. The molecule has 0 aliphatic rings. The van der Waals surface area contributed by atoms with Crippen molar-refractivity contribution in [1.82, 2.24) is 5.32 Å². The van der Waals surface area contributed by atoms with Crippen molar-refractivity contribution in [3.63, 3.8) is 0 Å². The molecular weight excluding hydrogens is 242 g/mol. The summed E-state index contributed by atoms with van der Waals surface area (Å²) in [5, 5.41) is 5.43. The highest BCUT2D eigenvalue weighted by Gasteiger charge is 2.10. The fourth-order valence-electron chi connectivity index (χ4n) is 1.56. The quantitative estimate of drug-likeness (QED) is 0.653. The van der Waals surface area contributed by atoms with E-state index in [0.29, 0.717) is 5.11 Å². The van der Waals surface area contributed by atoms with Crippen LogP contribution in [-0.2, 0) is 0 Å². The van der Waals surface area contributed by atoms with Gasteiger partial charge in [0.1, 0.15) is 0 Å². The van der Waals surface area contributed by atoms with Gasteiger partial charge in [0.25, 0.3) is 0 Å². The number of nitrogens with zero attached hydrogens (tertiary/aromatic N) is 1. The van der Waals surface area contributed by atoms with Crippen molar-refractivity contribution in [2.45, 2.75) is 0 Å². The summed E-state index contributed by atoms with van der Waals surface area (Å²) in [6.07, 6.45) is 0. The first-order valence-corrected chi connectivity index (χ1v) is 6.10. The van der Waals surface area contributed by atoms with Gasteiger partial charge in [0, 0.05) is 7.05 Å². The van der Waals surface area contributed by atoms with Crippen molar-refractivity contribution in [3.05, 3.63) is 60.7 Å². The fourth-order valence-corrected chi connectivity index (χ4v) is 1.71. The minimum absolute atomic E-state index is 0.616. The molecule has 0 aliphatic carbocycles. The summed E-state index contributed by atoms with van der Waals surface area (Å²) in [6.45, 7) is 0. The number of rotatable bonds is 3. The Morgan fingerprint density at radius 1 is 0.944 bits per heavy atom. The van der Waals surface area contributed by atoms with Gasteiger partial charge in [-0.3, -0.25) is 5.43 Å². The number of anilines is 2. The Morgan fingerprint density at radius 3 is 2.06 bits per heavy atom. The molecule has 0 aliphatic heterocycles. The Hall–Kier alpha value is -2.07. The van der Waals surface area contributed by atoms with Gasteiger partial charge >= 0.3 is 0 Å². The van der Waals surface area contributed by atoms with Crippen molar-refractivity contribution < 1.29 is 0 Å². The Bertz CT molecular complexity index is 499. The molecule has 18 heavy (non-hydrogen) atoms. The molecule has 0 heterocycles. The number of para-hydroxylation sites is 2. The smallest absolute Gasteiger partial charge is 0.192 e. The van der Waals surface area contributed by atoms with Crippen molar-refractivity contribution in [2.24, 2.45) is 0 Å². The van der Waals surface area contributed by atoms with E-state index in [4.69, 9.17) is 12.2 Å². The molecule has 2 rings (SSSR count). The normalized spacial score (nSPS) is 9.61. The minimum atomic E-state index is 0.616. The van der Waals surface area contributed by atoms with Crippen LogP contribution in [0.5, 0.6) is 0 Å². The Labute approximate surface area is 112 Å². The van der Waals surface area contributed by atoms with Gasteiger partial charge in [-0.05, 0) is 36.5 Å². The molecule has 2 N–H and O–H groups in total. The van der Waals surface area contributed by atoms with Gasteiger partial charge in [-0.1, -0.05) is 36.4 Å². The van der Waals surface area contributed by atoms with Gasteiger partial charge in [-0.15, -0.1) is 0 Å². The molecule has 3 nitrogen and oxygen atoms in total. The van der Waals surface area contributed by atoms with E-state index in [1.165, 1.54) is 0 Å². The highest BCUT2D eigenvalue weighted by atomic mass is 32.1. The molecule has 0 fully saturated rings. The SMILES string of the molecule is CNC(=S)N(Nc1ccccc1)c1ccccc1. The second-order valence-electron chi connectivity index (χ2n) is 3.70. The summed E-state index contributed by atoms with van der Waals surface area (Å²) in [5.74, 6) is 0. The van der Waals surface area contributed by atoms with Gasteiger partial charge in [0.2, 0.25) is 0 Å². The van der Waals surface area contributed by atoms with Crippen LogP contribution in [0.2, 0.25) is 0 Å². The van der Waals surface area contributed by atoms with Gasteiger partial charge in [-0.2, -0.15) is 0 Å².